The van der Waals surface area contributed by atoms with Gasteiger partial charge in [-0.3, -0.25) is 5.10 Å². The fourth-order valence-electron chi connectivity index (χ4n) is 2.75. The molecule has 0 aliphatic carbocycles. The highest BCUT2D eigenvalue weighted by atomic mass is 16.2. The molecular formula is C14H24N4O. The predicted octanol–water partition coefficient (Wildman–Crippen LogP) is 2.67. The van der Waals surface area contributed by atoms with E-state index in [1.807, 2.05) is 39.5 Å². The summed E-state index contributed by atoms with van der Waals surface area (Å²) in [4.78, 5) is 14.3. The van der Waals surface area contributed by atoms with Gasteiger partial charge in [0.15, 0.2) is 0 Å². The summed E-state index contributed by atoms with van der Waals surface area (Å²) in [5.41, 5.74) is 3.04. The molecule has 5 nitrogen and oxygen atoms in total. The number of carbonyl (C=O) groups excluding carboxylic acids is 1. The van der Waals surface area contributed by atoms with Crippen molar-refractivity contribution in [1.82, 2.24) is 20.4 Å². The van der Waals surface area contributed by atoms with Gasteiger partial charge in [-0.2, -0.15) is 5.10 Å². The lowest BCUT2D eigenvalue weighted by Gasteiger charge is -2.30. The first-order chi connectivity index (χ1) is 8.79. The number of aromatic amines is 1. The van der Waals surface area contributed by atoms with Crippen LogP contribution in [0.4, 0.5) is 4.79 Å². The maximum absolute atomic E-state index is 12.4. The van der Waals surface area contributed by atoms with Gasteiger partial charge in [-0.15, -0.1) is 0 Å². The first-order valence-electron chi connectivity index (χ1n) is 6.90. The van der Waals surface area contributed by atoms with Crippen molar-refractivity contribution in [1.29, 1.82) is 0 Å². The van der Waals surface area contributed by atoms with Gasteiger partial charge in [0, 0.05) is 23.3 Å². The second-order valence-corrected chi connectivity index (χ2v) is 6.38. The number of aryl methyl sites for hydroxylation is 2. The Balaban J connectivity index is 2.20. The molecule has 0 saturated carbocycles. The predicted molar refractivity (Wildman–Crippen MR) is 75.0 cm³/mol. The number of amides is 2. The van der Waals surface area contributed by atoms with Crippen molar-refractivity contribution in [3.05, 3.63) is 17.0 Å². The van der Waals surface area contributed by atoms with E-state index >= 15 is 0 Å². The summed E-state index contributed by atoms with van der Waals surface area (Å²) < 4.78 is 0. The average Bonchev–Trinajstić information content (AvgIpc) is 2.83. The van der Waals surface area contributed by atoms with Gasteiger partial charge in [-0.05, 0) is 47.5 Å². The van der Waals surface area contributed by atoms with E-state index in [1.54, 1.807) is 0 Å². The Bertz CT molecular complexity index is 453. The minimum absolute atomic E-state index is 0.0231. The Labute approximate surface area is 114 Å². The number of rotatable bonds is 1. The van der Waals surface area contributed by atoms with Gasteiger partial charge in [-0.1, -0.05) is 0 Å². The maximum Gasteiger partial charge on any atom is 0.318 e. The number of hydrogen-bond donors (Lipinski definition) is 2. The normalized spacial score (nSPS) is 19.8. The van der Waals surface area contributed by atoms with Crippen LogP contribution in [0.1, 0.15) is 56.6 Å². The zero-order valence-electron chi connectivity index (χ0n) is 12.5. The molecule has 1 aromatic rings. The van der Waals surface area contributed by atoms with Crippen LogP contribution in [0.5, 0.6) is 0 Å². The average molecular weight is 264 g/mol. The summed E-state index contributed by atoms with van der Waals surface area (Å²) in [7, 11) is 0. The van der Waals surface area contributed by atoms with Gasteiger partial charge >= 0.3 is 6.03 Å². The lowest BCUT2D eigenvalue weighted by Crippen LogP contribution is -2.48. The Kier molecular flexibility index (Phi) is 3.56. The van der Waals surface area contributed by atoms with Crippen molar-refractivity contribution in [2.45, 2.75) is 59.0 Å². The Hall–Kier alpha value is -1.52. The molecule has 0 radical (unpaired) electrons. The van der Waals surface area contributed by atoms with Crippen LogP contribution in [-0.2, 0) is 0 Å². The molecule has 19 heavy (non-hydrogen) atoms. The van der Waals surface area contributed by atoms with E-state index in [-0.39, 0.29) is 17.6 Å². The highest BCUT2D eigenvalue weighted by molar-refractivity contribution is 5.76. The molecule has 2 N–H and O–H groups in total. The quantitative estimate of drug-likeness (QED) is 0.819. The van der Waals surface area contributed by atoms with Crippen molar-refractivity contribution in [2.75, 3.05) is 6.54 Å². The summed E-state index contributed by atoms with van der Waals surface area (Å²) in [5, 5.41) is 10.3. The fourth-order valence-corrected chi connectivity index (χ4v) is 2.75. The summed E-state index contributed by atoms with van der Waals surface area (Å²) in [5.74, 6) is 0. The van der Waals surface area contributed by atoms with Crippen LogP contribution in [-0.4, -0.2) is 33.2 Å². The van der Waals surface area contributed by atoms with Gasteiger partial charge in [0.2, 0.25) is 0 Å². The Morgan fingerprint density at radius 1 is 1.42 bits per heavy atom. The van der Waals surface area contributed by atoms with Crippen molar-refractivity contribution in [3.8, 4) is 0 Å². The number of urea groups is 1. The summed E-state index contributed by atoms with van der Waals surface area (Å²) in [6, 6.07) is 0.177. The smallest absolute Gasteiger partial charge is 0.318 e. The minimum Gasteiger partial charge on any atom is -0.333 e. The van der Waals surface area contributed by atoms with Crippen LogP contribution in [0.2, 0.25) is 0 Å². The van der Waals surface area contributed by atoms with E-state index < -0.39 is 0 Å². The topological polar surface area (TPSA) is 61.0 Å². The van der Waals surface area contributed by atoms with Crippen LogP contribution < -0.4 is 5.32 Å². The monoisotopic (exact) mass is 264 g/mol. The molecule has 1 aliphatic rings. The van der Waals surface area contributed by atoms with Gasteiger partial charge in [0.25, 0.3) is 0 Å². The molecule has 5 heteroatoms. The lowest BCUT2D eigenvalue weighted by molar-refractivity contribution is 0.183. The molecular weight excluding hydrogens is 240 g/mol. The van der Waals surface area contributed by atoms with Gasteiger partial charge < -0.3 is 10.2 Å². The molecule has 0 spiro atoms. The van der Waals surface area contributed by atoms with Crippen LogP contribution in [0.15, 0.2) is 0 Å². The molecule has 0 bridgehead atoms. The second-order valence-electron chi connectivity index (χ2n) is 6.38. The molecule has 0 aromatic carbocycles. The molecule has 2 rings (SSSR count). The highest BCUT2D eigenvalue weighted by Gasteiger charge is 2.34. The molecule has 2 amide bonds. The summed E-state index contributed by atoms with van der Waals surface area (Å²) in [6.07, 6.45) is 2.06. The number of likely N-dealkylation sites (tertiary alicyclic amines) is 1. The molecule has 1 aromatic heterocycles. The number of carbonyl (C=O) groups is 1. The Morgan fingerprint density at radius 2 is 2.11 bits per heavy atom. The van der Waals surface area contributed by atoms with Gasteiger partial charge in [0.1, 0.15) is 0 Å². The van der Waals surface area contributed by atoms with Crippen LogP contribution >= 0.6 is 0 Å². The lowest BCUT2D eigenvalue weighted by atomic mass is 10.0. The zero-order valence-corrected chi connectivity index (χ0v) is 12.5. The first-order valence-corrected chi connectivity index (χ1v) is 6.90. The number of nitrogens with one attached hydrogen (secondary N) is 2. The molecule has 1 aliphatic heterocycles. The number of aromatic nitrogens is 2. The third-order valence-electron chi connectivity index (χ3n) is 3.51. The van der Waals surface area contributed by atoms with E-state index in [0.717, 1.165) is 30.8 Å². The molecule has 0 unspecified atom stereocenters. The number of H-pyrrole nitrogens is 1. The van der Waals surface area contributed by atoms with Crippen molar-refractivity contribution in [2.24, 2.45) is 0 Å². The molecule has 106 valence electrons. The molecule has 1 atom stereocenters. The SMILES string of the molecule is Cc1n[nH]c(C)c1[C@@H]1CCCN1C(=O)NC(C)(C)C. The first kappa shape index (κ1) is 13.9. The van der Waals surface area contributed by atoms with Crippen LogP contribution in [0.3, 0.4) is 0 Å². The standard InChI is InChI=1S/C14H24N4O/c1-9-12(10(2)17-16-9)11-7-6-8-18(11)13(19)15-14(3,4)5/h11H,6-8H2,1-5H3,(H,15,19)(H,16,17)/t11-/m0/s1. The van der Waals surface area contributed by atoms with Crippen LogP contribution in [0.25, 0.3) is 0 Å². The Morgan fingerprint density at radius 3 is 2.63 bits per heavy atom. The van der Waals surface area contributed by atoms with Gasteiger partial charge in [0.05, 0.1) is 11.7 Å². The highest BCUT2D eigenvalue weighted by Crippen LogP contribution is 2.34. The van der Waals surface area contributed by atoms with E-state index in [1.165, 1.54) is 5.56 Å². The molecule has 2 heterocycles. The van der Waals surface area contributed by atoms with E-state index in [4.69, 9.17) is 0 Å². The van der Waals surface area contributed by atoms with E-state index in [2.05, 4.69) is 15.5 Å². The summed E-state index contributed by atoms with van der Waals surface area (Å²) in [6.45, 7) is 10.8. The van der Waals surface area contributed by atoms with Gasteiger partial charge in [-0.25, -0.2) is 4.79 Å². The minimum atomic E-state index is -0.204. The molecule has 1 fully saturated rings. The largest absolute Gasteiger partial charge is 0.333 e. The molecule has 1 saturated heterocycles. The van der Waals surface area contributed by atoms with E-state index in [9.17, 15) is 4.79 Å². The maximum atomic E-state index is 12.4. The van der Waals surface area contributed by atoms with E-state index in [0.29, 0.717) is 0 Å². The summed E-state index contributed by atoms with van der Waals surface area (Å²) >= 11 is 0. The fraction of sp³-hybridized carbons (Fsp3) is 0.714. The van der Waals surface area contributed by atoms with Crippen molar-refractivity contribution in [3.63, 3.8) is 0 Å². The zero-order chi connectivity index (χ0) is 14.2. The van der Waals surface area contributed by atoms with Crippen molar-refractivity contribution >= 4 is 6.03 Å². The van der Waals surface area contributed by atoms with Crippen molar-refractivity contribution < 1.29 is 4.79 Å². The number of nitrogens with zero attached hydrogens (tertiary/aromatic N) is 2. The second kappa shape index (κ2) is 4.87. The number of hydrogen-bond acceptors (Lipinski definition) is 2. The third-order valence-corrected chi connectivity index (χ3v) is 3.51. The van der Waals surface area contributed by atoms with Crippen LogP contribution in [0, 0.1) is 13.8 Å². The third kappa shape index (κ3) is 2.91.